The Morgan fingerprint density at radius 1 is 1.44 bits per heavy atom. The Bertz CT molecular complexity index is 357. The number of aromatic nitrogens is 1. The molecule has 0 amide bonds. The van der Waals surface area contributed by atoms with Gasteiger partial charge in [0.2, 0.25) is 0 Å². The number of hydrogen-bond acceptors (Lipinski definition) is 3. The molecule has 1 rings (SSSR count). The number of anilines is 1. The Labute approximate surface area is 106 Å². The van der Waals surface area contributed by atoms with Crippen LogP contribution >= 0.6 is 23.2 Å². The normalized spacial score (nSPS) is 11.6. The lowest BCUT2D eigenvalue weighted by molar-refractivity contribution is 0.171. The molecule has 1 heterocycles. The van der Waals surface area contributed by atoms with Gasteiger partial charge in [-0.15, -0.1) is 0 Å². The number of aliphatic hydroxyl groups is 1. The monoisotopic (exact) mass is 262 g/mol. The van der Waals surface area contributed by atoms with Crippen LogP contribution in [0.1, 0.15) is 19.4 Å². The van der Waals surface area contributed by atoms with Crippen LogP contribution in [0.25, 0.3) is 0 Å². The first-order valence-corrected chi connectivity index (χ1v) is 5.79. The Kier molecular flexibility index (Phi) is 4.42. The summed E-state index contributed by atoms with van der Waals surface area (Å²) in [5, 5.41) is 13.1. The Balaban J connectivity index is 2.82. The van der Waals surface area contributed by atoms with Crippen molar-refractivity contribution in [2.24, 2.45) is 5.41 Å². The number of pyridine rings is 1. The van der Waals surface area contributed by atoms with Gasteiger partial charge < -0.3 is 10.4 Å². The zero-order valence-electron chi connectivity index (χ0n) is 9.64. The van der Waals surface area contributed by atoms with Crippen molar-refractivity contribution in [1.82, 2.24) is 4.98 Å². The van der Waals surface area contributed by atoms with Crippen molar-refractivity contribution >= 4 is 28.9 Å². The van der Waals surface area contributed by atoms with E-state index in [0.717, 1.165) is 11.3 Å². The molecule has 90 valence electrons. The minimum atomic E-state index is -0.199. The summed E-state index contributed by atoms with van der Waals surface area (Å²) in [5.74, 6) is 0. The summed E-state index contributed by atoms with van der Waals surface area (Å²) in [6, 6.07) is 1.75. The number of rotatable bonds is 4. The third-order valence-electron chi connectivity index (χ3n) is 2.31. The summed E-state index contributed by atoms with van der Waals surface area (Å²) < 4.78 is 0. The first-order valence-electron chi connectivity index (χ1n) is 5.03. The number of halogens is 2. The lowest BCUT2D eigenvalue weighted by Gasteiger charge is -2.23. The highest BCUT2D eigenvalue weighted by Gasteiger charge is 2.17. The van der Waals surface area contributed by atoms with Crippen molar-refractivity contribution in [3.8, 4) is 0 Å². The van der Waals surface area contributed by atoms with Crippen LogP contribution < -0.4 is 5.32 Å². The molecule has 0 fully saturated rings. The van der Waals surface area contributed by atoms with E-state index < -0.39 is 0 Å². The topological polar surface area (TPSA) is 45.2 Å². The van der Waals surface area contributed by atoms with Crippen molar-refractivity contribution in [2.75, 3.05) is 18.5 Å². The van der Waals surface area contributed by atoms with Gasteiger partial charge in [0.25, 0.3) is 0 Å². The molecule has 1 aromatic rings. The Morgan fingerprint density at radius 2 is 2.06 bits per heavy atom. The van der Waals surface area contributed by atoms with E-state index in [1.807, 2.05) is 20.8 Å². The number of nitrogens with zero attached hydrogens (tertiary/aromatic N) is 1. The molecule has 0 aliphatic carbocycles. The summed E-state index contributed by atoms with van der Waals surface area (Å²) in [5.41, 5.74) is 1.52. The molecule has 3 nitrogen and oxygen atoms in total. The second-order valence-corrected chi connectivity index (χ2v) is 5.35. The zero-order valence-corrected chi connectivity index (χ0v) is 11.2. The average molecular weight is 263 g/mol. The number of aryl methyl sites for hydroxylation is 1. The number of hydrogen-bond donors (Lipinski definition) is 2. The van der Waals surface area contributed by atoms with Gasteiger partial charge in [0.1, 0.15) is 5.15 Å². The van der Waals surface area contributed by atoms with Gasteiger partial charge in [-0.05, 0) is 18.6 Å². The maximum Gasteiger partial charge on any atom is 0.154 e. The largest absolute Gasteiger partial charge is 0.396 e. The smallest absolute Gasteiger partial charge is 0.154 e. The molecular weight excluding hydrogens is 247 g/mol. The molecule has 0 saturated carbocycles. The molecule has 0 bridgehead atoms. The highest BCUT2D eigenvalue weighted by atomic mass is 35.5. The standard InChI is InChI=1S/C11H16Cl2N2O/c1-7-4-8(12)15-10(13)9(7)14-5-11(2,3)6-16/h4,14,16H,5-6H2,1-3H3. The fraction of sp³-hybridized carbons (Fsp3) is 0.545. The van der Waals surface area contributed by atoms with E-state index in [2.05, 4.69) is 10.3 Å². The lowest BCUT2D eigenvalue weighted by atomic mass is 9.95. The fourth-order valence-electron chi connectivity index (χ4n) is 1.19. The van der Waals surface area contributed by atoms with Crippen LogP contribution in [0, 0.1) is 12.3 Å². The van der Waals surface area contributed by atoms with E-state index in [1.54, 1.807) is 6.07 Å². The van der Waals surface area contributed by atoms with E-state index in [-0.39, 0.29) is 12.0 Å². The number of nitrogens with one attached hydrogen (secondary N) is 1. The molecule has 0 saturated heterocycles. The first kappa shape index (κ1) is 13.6. The van der Waals surface area contributed by atoms with Crippen LogP contribution in [0.5, 0.6) is 0 Å². The van der Waals surface area contributed by atoms with Crippen LogP contribution in [0.4, 0.5) is 5.69 Å². The maximum atomic E-state index is 9.15. The van der Waals surface area contributed by atoms with E-state index in [9.17, 15) is 0 Å². The van der Waals surface area contributed by atoms with Gasteiger partial charge in [0.05, 0.1) is 5.69 Å². The minimum absolute atomic E-state index is 0.109. The molecule has 0 aliphatic heterocycles. The molecule has 5 heteroatoms. The van der Waals surface area contributed by atoms with Crippen molar-refractivity contribution in [3.63, 3.8) is 0 Å². The molecule has 16 heavy (non-hydrogen) atoms. The third-order valence-corrected chi connectivity index (χ3v) is 2.78. The SMILES string of the molecule is Cc1cc(Cl)nc(Cl)c1NCC(C)(C)CO. The predicted octanol–water partition coefficient (Wildman–Crippen LogP) is 3.13. The van der Waals surface area contributed by atoms with Gasteiger partial charge in [-0.2, -0.15) is 0 Å². The fourth-order valence-corrected chi connectivity index (χ4v) is 1.79. The first-order chi connectivity index (χ1) is 7.35. The van der Waals surface area contributed by atoms with E-state index in [1.165, 1.54) is 0 Å². The van der Waals surface area contributed by atoms with Crippen molar-refractivity contribution < 1.29 is 5.11 Å². The summed E-state index contributed by atoms with van der Waals surface area (Å²) in [6.07, 6.45) is 0. The van der Waals surface area contributed by atoms with Crippen molar-refractivity contribution in [3.05, 3.63) is 21.9 Å². The van der Waals surface area contributed by atoms with Crippen LogP contribution in [-0.2, 0) is 0 Å². The van der Waals surface area contributed by atoms with E-state index >= 15 is 0 Å². The summed E-state index contributed by atoms with van der Waals surface area (Å²) in [4.78, 5) is 3.97. The molecule has 2 N–H and O–H groups in total. The minimum Gasteiger partial charge on any atom is -0.396 e. The number of aliphatic hydroxyl groups excluding tert-OH is 1. The molecule has 0 aromatic carbocycles. The molecule has 0 spiro atoms. The highest BCUT2D eigenvalue weighted by molar-refractivity contribution is 6.34. The Morgan fingerprint density at radius 3 is 2.56 bits per heavy atom. The Hall–Kier alpha value is -0.510. The van der Waals surface area contributed by atoms with Crippen LogP contribution in [0.3, 0.4) is 0 Å². The molecule has 0 aliphatic rings. The molecule has 0 unspecified atom stereocenters. The van der Waals surface area contributed by atoms with Crippen LogP contribution in [0.2, 0.25) is 10.3 Å². The second kappa shape index (κ2) is 5.21. The molecule has 0 atom stereocenters. The van der Waals surface area contributed by atoms with E-state index in [4.69, 9.17) is 28.3 Å². The van der Waals surface area contributed by atoms with Gasteiger partial charge in [0.15, 0.2) is 5.15 Å². The maximum absolute atomic E-state index is 9.15. The molecule has 0 radical (unpaired) electrons. The highest BCUT2D eigenvalue weighted by Crippen LogP contribution is 2.27. The second-order valence-electron chi connectivity index (χ2n) is 4.60. The zero-order chi connectivity index (χ0) is 12.3. The van der Waals surface area contributed by atoms with E-state index in [0.29, 0.717) is 16.9 Å². The van der Waals surface area contributed by atoms with Crippen LogP contribution in [-0.4, -0.2) is 23.2 Å². The molecular formula is C11H16Cl2N2O. The summed E-state index contributed by atoms with van der Waals surface area (Å²) >= 11 is 11.8. The quantitative estimate of drug-likeness (QED) is 0.820. The average Bonchev–Trinajstić information content (AvgIpc) is 2.16. The van der Waals surface area contributed by atoms with Crippen LogP contribution in [0.15, 0.2) is 6.07 Å². The lowest BCUT2D eigenvalue weighted by Crippen LogP contribution is -2.27. The summed E-state index contributed by atoms with van der Waals surface area (Å²) in [7, 11) is 0. The van der Waals surface area contributed by atoms with Crippen molar-refractivity contribution in [2.45, 2.75) is 20.8 Å². The van der Waals surface area contributed by atoms with Gasteiger partial charge in [-0.3, -0.25) is 0 Å². The summed E-state index contributed by atoms with van der Waals surface area (Å²) in [6.45, 7) is 6.57. The van der Waals surface area contributed by atoms with Gasteiger partial charge in [0, 0.05) is 18.6 Å². The van der Waals surface area contributed by atoms with Crippen molar-refractivity contribution in [1.29, 1.82) is 0 Å². The third kappa shape index (κ3) is 3.51. The predicted molar refractivity (Wildman–Crippen MR) is 68.4 cm³/mol. The molecule has 1 aromatic heterocycles. The van der Waals surface area contributed by atoms with Gasteiger partial charge in [-0.1, -0.05) is 37.0 Å². The van der Waals surface area contributed by atoms with Gasteiger partial charge >= 0.3 is 0 Å². The van der Waals surface area contributed by atoms with Gasteiger partial charge in [-0.25, -0.2) is 4.98 Å².